The molecule has 1 aromatic heterocycles. The number of thioether (sulfide) groups is 1. The van der Waals surface area contributed by atoms with Gasteiger partial charge >= 0.3 is 0 Å². The summed E-state index contributed by atoms with van der Waals surface area (Å²) in [6, 6.07) is 2.89. The molecule has 0 radical (unpaired) electrons. The monoisotopic (exact) mass is 307 g/mol. The third-order valence-corrected chi connectivity index (χ3v) is 6.51. The fourth-order valence-corrected chi connectivity index (χ4v) is 5.26. The lowest BCUT2D eigenvalue weighted by Crippen LogP contribution is -2.29. The van der Waals surface area contributed by atoms with E-state index in [1.54, 1.807) is 0 Å². The fourth-order valence-electron chi connectivity index (χ4n) is 4.44. The Balaban J connectivity index is 1.96. The summed E-state index contributed by atoms with van der Waals surface area (Å²) >= 11 is 2.03. The molecule has 3 rings (SSSR count). The third kappa shape index (κ3) is 2.92. The van der Waals surface area contributed by atoms with Crippen LogP contribution in [0.2, 0.25) is 0 Å². The summed E-state index contributed by atoms with van der Waals surface area (Å²) in [5.41, 5.74) is 4.19. The molecule has 0 bridgehead atoms. The van der Waals surface area contributed by atoms with E-state index in [0.29, 0.717) is 6.04 Å². The molecular formula is C18H29NOS. The molecule has 0 amide bonds. The molecule has 0 aliphatic heterocycles. The lowest BCUT2D eigenvalue weighted by molar-refractivity contribution is 0.0970. The largest absolute Gasteiger partial charge is 0.388 e. The SMILES string of the molecule is CSC1CCCC(n2c(C)cc3c2CC(C)(C)CC3O)C1. The van der Waals surface area contributed by atoms with Crippen molar-refractivity contribution in [2.45, 2.75) is 76.7 Å². The predicted octanol–water partition coefficient (Wildman–Crippen LogP) is 4.65. The van der Waals surface area contributed by atoms with Crippen LogP contribution in [0.5, 0.6) is 0 Å². The van der Waals surface area contributed by atoms with Crippen LogP contribution < -0.4 is 0 Å². The van der Waals surface area contributed by atoms with Crippen LogP contribution in [0.15, 0.2) is 6.07 Å². The number of hydrogen-bond acceptors (Lipinski definition) is 2. The van der Waals surface area contributed by atoms with Gasteiger partial charge in [-0.15, -0.1) is 0 Å². The van der Waals surface area contributed by atoms with E-state index in [-0.39, 0.29) is 11.5 Å². The van der Waals surface area contributed by atoms with Crippen LogP contribution in [-0.2, 0) is 6.42 Å². The van der Waals surface area contributed by atoms with E-state index in [9.17, 15) is 5.11 Å². The van der Waals surface area contributed by atoms with Crippen molar-refractivity contribution < 1.29 is 5.11 Å². The number of hydrogen-bond donors (Lipinski definition) is 1. The molecule has 1 saturated carbocycles. The highest BCUT2D eigenvalue weighted by atomic mass is 32.2. The Kier molecular flexibility index (Phi) is 4.17. The average Bonchev–Trinajstić information content (AvgIpc) is 2.74. The second kappa shape index (κ2) is 5.66. The smallest absolute Gasteiger partial charge is 0.0812 e. The number of aliphatic hydroxyl groups is 1. The molecule has 3 heteroatoms. The first-order valence-electron chi connectivity index (χ1n) is 8.33. The zero-order valence-electron chi connectivity index (χ0n) is 13.9. The summed E-state index contributed by atoms with van der Waals surface area (Å²) in [6.45, 7) is 6.80. The van der Waals surface area contributed by atoms with E-state index in [1.165, 1.54) is 42.6 Å². The molecule has 1 N–H and O–H groups in total. The predicted molar refractivity (Wildman–Crippen MR) is 91.0 cm³/mol. The summed E-state index contributed by atoms with van der Waals surface area (Å²) in [5.74, 6) is 0. The molecule has 0 aromatic carbocycles. The summed E-state index contributed by atoms with van der Waals surface area (Å²) in [6.07, 6.45) is 9.27. The van der Waals surface area contributed by atoms with Crippen LogP contribution in [0.3, 0.4) is 0 Å². The van der Waals surface area contributed by atoms with Gasteiger partial charge in [-0.25, -0.2) is 0 Å². The summed E-state index contributed by atoms with van der Waals surface area (Å²) < 4.78 is 2.59. The van der Waals surface area contributed by atoms with E-state index in [2.05, 4.69) is 37.7 Å². The molecule has 2 aliphatic rings. The van der Waals surface area contributed by atoms with Crippen LogP contribution >= 0.6 is 11.8 Å². The maximum absolute atomic E-state index is 10.5. The summed E-state index contributed by atoms with van der Waals surface area (Å²) in [7, 11) is 0. The second-order valence-corrected chi connectivity index (χ2v) is 8.93. The molecule has 2 nitrogen and oxygen atoms in total. The highest BCUT2D eigenvalue weighted by Gasteiger charge is 2.36. The molecule has 21 heavy (non-hydrogen) atoms. The number of aryl methyl sites for hydroxylation is 1. The first kappa shape index (κ1) is 15.5. The van der Waals surface area contributed by atoms with Crippen LogP contribution in [0.4, 0.5) is 0 Å². The van der Waals surface area contributed by atoms with E-state index >= 15 is 0 Å². The highest BCUT2D eigenvalue weighted by molar-refractivity contribution is 7.99. The summed E-state index contributed by atoms with van der Waals surface area (Å²) in [5, 5.41) is 11.3. The van der Waals surface area contributed by atoms with Crippen molar-refractivity contribution in [2.75, 3.05) is 6.26 Å². The van der Waals surface area contributed by atoms with Crippen molar-refractivity contribution in [3.05, 3.63) is 23.0 Å². The Morgan fingerprint density at radius 2 is 2.10 bits per heavy atom. The minimum absolute atomic E-state index is 0.211. The Morgan fingerprint density at radius 1 is 1.33 bits per heavy atom. The van der Waals surface area contributed by atoms with E-state index in [4.69, 9.17) is 0 Å². The van der Waals surface area contributed by atoms with Crippen molar-refractivity contribution in [1.29, 1.82) is 0 Å². The maximum atomic E-state index is 10.5. The Hall–Kier alpha value is -0.410. The minimum atomic E-state index is -0.274. The molecular weight excluding hydrogens is 278 g/mol. The van der Waals surface area contributed by atoms with Gasteiger partial charge in [0.1, 0.15) is 0 Å². The average molecular weight is 308 g/mol. The Bertz CT molecular complexity index is 520. The third-order valence-electron chi connectivity index (χ3n) is 5.42. The van der Waals surface area contributed by atoms with Crippen molar-refractivity contribution in [3.8, 4) is 0 Å². The number of nitrogens with zero attached hydrogens (tertiary/aromatic N) is 1. The molecule has 1 fully saturated rings. The minimum Gasteiger partial charge on any atom is -0.388 e. The van der Waals surface area contributed by atoms with Crippen molar-refractivity contribution >= 4 is 11.8 Å². The van der Waals surface area contributed by atoms with Crippen LogP contribution in [-0.4, -0.2) is 21.2 Å². The molecule has 0 saturated heterocycles. The first-order valence-corrected chi connectivity index (χ1v) is 9.61. The van der Waals surface area contributed by atoms with Gasteiger partial charge in [0.15, 0.2) is 0 Å². The van der Waals surface area contributed by atoms with E-state index in [1.807, 2.05) is 11.8 Å². The van der Waals surface area contributed by atoms with E-state index < -0.39 is 0 Å². The Morgan fingerprint density at radius 3 is 2.81 bits per heavy atom. The molecule has 118 valence electrons. The Labute approximate surface area is 133 Å². The van der Waals surface area contributed by atoms with Gasteiger partial charge in [0.05, 0.1) is 6.10 Å². The molecule has 1 heterocycles. The van der Waals surface area contributed by atoms with Crippen LogP contribution in [0, 0.1) is 12.3 Å². The standard InChI is InChI=1S/C18H29NOS/c1-12-8-15-16(10-18(2,3)11-17(15)20)19(12)13-6-5-7-14(9-13)21-4/h8,13-14,17,20H,5-7,9-11H2,1-4H3. The van der Waals surface area contributed by atoms with Crippen molar-refractivity contribution in [2.24, 2.45) is 5.41 Å². The van der Waals surface area contributed by atoms with Crippen molar-refractivity contribution in [1.82, 2.24) is 4.57 Å². The number of rotatable bonds is 2. The van der Waals surface area contributed by atoms with Gasteiger partial charge in [-0.2, -0.15) is 11.8 Å². The van der Waals surface area contributed by atoms with Gasteiger partial charge in [0.2, 0.25) is 0 Å². The lowest BCUT2D eigenvalue weighted by Gasteiger charge is -2.37. The fraction of sp³-hybridized carbons (Fsp3) is 0.778. The van der Waals surface area contributed by atoms with Gasteiger partial charge in [-0.1, -0.05) is 20.3 Å². The first-order chi connectivity index (χ1) is 9.91. The lowest BCUT2D eigenvalue weighted by atomic mass is 9.75. The number of aromatic nitrogens is 1. The number of aliphatic hydroxyl groups excluding tert-OH is 1. The zero-order valence-corrected chi connectivity index (χ0v) is 14.7. The van der Waals surface area contributed by atoms with Crippen molar-refractivity contribution in [3.63, 3.8) is 0 Å². The van der Waals surface area contributed by atoms with Crippen LogP contribution in [0.1, 0.15) is 75.0 Å². The van der Waals surface area contributed by atoms with Gasteiger partial charge in [-0.3, -0.25) is 0 Å². The van der Waals surface area contributed by atoms with Gasteiger partial charge in [0.25, 0.3) is 0 Å². The van der Waals surface area contributed by atoms with Gasteiger partial charge < -0.3 is 9.67 Å². The molecule has 3 unspecified atom stereocenters. The molecule has 1 aromatic rings. The number of fused-ring (bicyclic) bond motifs is 1. The van der Waals surface area contributed by atoms with Gasteiger partial charge in [-0.05, 0) is 56.8 Å². The van der Waals surface area contributed by atoms with Gasteiger partial charge in [0, 0.05) is 28.2 Å². The normalized spacial score (nSPS) is 32.0. The quantitative estimate of drug-likeness (QED) is 0.860. The molecule has 0 spiro atoms. The molecule has 3 atom stereocenters. The second-order valence-electron chi connectivity index (χ2n) is 7.80. The van der Waals surface area contributed by atoms with Crippen LogP contribution in [0.25, 0.3) is 0 Å². The molecule has 2 aliphatic carbocycles. The zero-order chi connectivity index (χ0) is 15.2. The topological polar surface area (TPSA) is 25.2 Å². The van der Waals surface area contributed by atoms with E-state index in [0.717, 1.165) is 18.1 Å². The maximum Gasteiger partial charge on any atom is 0.0812 e. The highest BCUT2D eigenvalue weighted by Crippen LogP contribution is 2.45. The summed E-state index contributed by atoms with van der Waals surface area (Å²) in [4.78, 5) is 0.